The maximum atomic E-state index is 13.2. The average molecular weight is 1360 g/mol. The molecule has 0 radical (unpaired) electrons. The summed E-state index contributed by atoms with van der Waals surface area (Å²) in [5, 5.41) is 9.20. The van der Waals surface area contributed by atoms with E-state index in [1.165, 1.54) is 93.1 Å². The Morgan fingerprint density at radius 1 is 0.462 bits per heavy atom. The molecule has 0 saturated carbocycles. The number of aromatic carboxylic acids is 1. The molecule has 11 nitrogen and oxygen atoms in total. The molecule has 1 aliphatic heterocycles. The standard InChI is InChI=1S/C22H24BF3O4.C21H15F4NO2.C20H13F4NO2.C5H3BrFN/c1-20(2)21(3,4)30-23(29-20)18-13-16(19(27)28-5)9-8-15(18)12-14-6-10-17(11-7-14)22(24,25)26;1-28-20(27)15-5-4-14(18(11-15)19-9-8-17(22)12-26-19)10-13-2-6-16(7-3-13)21(23,24)25;21-16-7-8-18(25-11-16)17-10-14(19(26)27)4-3-13(17)9-12-1-5-15(6-2-12)20(22,23)24;6-5-2-1-4(7)3-8-5/h6-11,13H,12H2,1-5H3;2-9,11-12H,10H2,1H3;1-8,10-11H,9H2,(H,26,27);1-3H. The van der Waals surface area contributed by atoms with E-state index in [2.05, 4.69) is 30.9 Å². The summed E-state index contributed by atoms with van der Waals surface area (Å²) in [4.78, 5) is 46.8. The van der Waals surface area contributed by atoms with E-state index in [0.717, 1.165) is 66.1 Å². The van der Waals surface area contributed by atoms with E-state index in [0.29, 0.717) is 78.8 Å². The number of carbonyl (C=O) groups is 3. The maximum Gasteiger partial charge on any atom is 0.495 e. The van der Waals surface area contributed by atoms with Crippen molar-refractivity contribution in [1.82, 2.24) is 15.0 Å². The number of carboxylic acids is 1. The van der Waals surface area contributed by atoms with E-state index in [-0.39, 0.29) is 17.8 Å². The van der Waals surface area contributed by atoms with Crippen LogP contribution < -0.4 is 5.46 Å². The van der Waals surface area contributed by atoms with Crippen LogP contribution in [0, 0.1) is 17.5 Å². The second-order valence-corrected chi connectivity index (χ2v) is 22.5. The van der Waals surface area contributed by atoms with Crippen LogP contribution in [0.5, 0.6) is 0 Å². The van der Waals surface area contributed by atoms with Crippen molar-refractivity contribution in [3.63, 3.8) is 0 Å². The van der Waals surface area contributed by atoms with Crippen LogP contribution in [0.3, 0.4) is 0 Å². The molecule has 0 aliphatic carbocycles. The molecule has 4 heterocycles. The second-order valence-electron chi connectivity index (χ2n) is 21.7. The molecule has 6 aromatic carbocycles. The number of hydrogen-bond acceptors (Lipinski definition) is 10. The lowest BCUT2D eigenvalue weighted by atomic mass is 9.74. The highest BCUT2D eigenvalue weighted by molar-refractivity contribution is 9.10. The number of esters is 2. The molecule has 1 fully saturated rings. The van der Waals surface area contributed by atoms with Gasteiger partial charge in [0.25, 0.3) is 0 Å². The molecular formula is C68H55BBrF12N3O8. The van der Waals surface area contributed by atoms with E-state index in [1.54, 1.807) is 48.5 Å². The van der Waals surface area contributed by atoms with Crippen molar-refractivity contribution >= 4 is 46.4 Å². The van der Waals surface area contributed by atoms with Gasteiger partial charge in [0.2, 0.25) is 0 Å². The number of benzene rings is 6. The fourth-order valence-corrected chi connectivity index (χ4v) is 9.26. The number of ether oxygens (including phenoxy) is 2. The number of hydrogen-bond donors (Lipinski definition) is 1. The first-order valence-corrected chi connectivity index (χ1v) is 28.6. The van der Waals surface area contributed by atoms with Crippen molar-refractivity contribution < 1.29 is 91.0 Å². The average Bonchev–Trinajstić information content (AvgIpc) is 1.66. The Hall–Kier alpha value is -9.20. The van der Waals surface area contributed by atoms with Crippen LogP contribution in [0.15, 0.2) is 187 Å². The molecule has 1 N–H and O–H groups in total. The Morgan fingerprint density at radius 2 is 0.796 bits per heavy atom. The van der Waals surface area contributed by atoms with Gasteiger partial charge in [-0.2, -0.15) is 39.5 Å². The van der Waals surface area contributed by atoms with Crippen molar-refractivity contribution in [2.75, 3.05) is 14.2 Å². The van der Waals surface area contributed by atoms with E-state index < -0.39 is 83.1 Å². The molecule has 93 heavy (non-hydrogen) atoms. The summed E-state index contributed by atoms with van der Waals surface area (Å²) in [5.74, 6) is -3.50. The van der Waals surface area contributed by atoms with Gasteiger partial charge < -0.3 is 23.9 Å². The van der Waals surface area contributed by atoms with Crippen LogP contribution in [0.2, 0.25) is 0 Å². The van der Waals surface area contributed by atoms with Gasteiger partial charge in [0.1, 0.15) is 22.1 Å². The third-order valence-electron chi connectivity index (χ3n) is 14.7. The van der Waals surface area contributed by atoms with Gasteiger partial charge in [-0.3, -0.25) is 9.97 Å². The smallest absolute Gasteiger partial charge is 0.478 e. The molecule has 25 heteroatoms. The lowest BCUT2D eigenvalue weighted by Crippen LogP contribution is -2.41. The van der Waals surface area contributed by atoms with Crippen LogP contribution >= 0.6 is 15.9 Å². The SMILES string of the molecule is COC(=O)c1ccc(Cc2ccc(C(F)(F)F)cc2)c(-c2ccc(F)cn2)c1.COC(=O)c1ccc(Cc2ccc(C(F)(F)F)cc2)c(B2OC(C)(C)C(C)(C)O2)c1.Fc1ccc(Br)nc1.O=C(O)c1ccc(Cc2ccc(C(F)(F)F)cc2)c(-c2ccc(F)cn2)c1. The molecule has 3 aromatic heterocycles. The molecule has 0 amide bonds. The van der Waals surface area contributed by atoms with Gasteiger partial charge in [-0.25, -0.2) is 32.5 Å². The topological polar surface area (TPSA) is 147 Å². The molecule has 0 bridgehead atoms. The van der Waals surface area contributed by atoms with Crippen LogP contribution in [-0.2, 0) is 56.6 Å². The van der Waals surface area contributed by atoms with Gasteiger partial charge in [-0.05, 0) is 211 Å². The minimum atomic E-state index is -4.41. The van der Waals surface area contributed by atoms with E-state index in [1.807, 2.05) is 27.7 Å². The Labute approximate surface area is 534 Å². The maximum absolute atomic E-state index is 13.2. The van der Waals surface area contributed by atoms with Gasteiger partial charge in [-0.15, -0.1) is 0 Å². The number of nitrogens with zero attached hydrogens (tertiary/aromatic N) is 3. The molecule has 0 atom stereocenters. The van der Waals surface area contributed by atoms with Gasteiger partial charge in [0.05, 0.1) is 88.8 Å². The number of methoxy groups -OCH3 is 2. The van der Waals surface area contributed by atoms with Crippen LogP contribution in [-0.4, -0.2) is 70.5 Å². The number of rotatable bonds is 12. The van der Waals surface area contributed by atoms with Crippen molar-refractivity contribution in [2.24, 2.45) is 0 Å². The van der Waals surface area contributed by atoms with Crippen molar-refractivity contribution in [2.45, 2.75) is 76.7 Å². The number of alkyl halides is 9. The summed E-state index contributed by atoms with van der Waals surface area (Å²) >= 11 is 3.07. The summed E-state index contributed by atoms with van der Waals surface area (Å²) in [5.41, 5.74) is 4.03. The normalized spacial score (nSPS) is 13.3. The summed E-state index contributed by atoms with van der Waals surface area (Å²) in [6.45, 7) is 7.69. The first-order chi connectivity index (χ1) is 43.6. The highest BCUT2D eigenvalue weighted by Gasteiger charge is 2.52. The van der Waals surface area contributed by atoms with Gasteiger partial charge >= 0.3 is 43.6 Å². The summed E-state index contributed by atoms with van der Waals surface area (Å²) < 4.78 is 176. The van der Waals surface area contributed by atoms with Crippen LogP contribution in [0.4, 0.5) is 52.7 Å². The molecule has 0 unspecified atom stereocenters. The van der Waals surface area contributed by atoms with E-state index >= 15 is 0 Å². The van der Waals surface area contributed by atoms with Crippen molar-refractivity contribution in [3.8, 4) is 22.5 Å². The highest BCUT2D eigenvalue weighted by Crippen LogP contribution is 2.38. The zero-order valence-electron chi connectivity index (χ0n) is 50.1. The van der Waals surface area contributed by atoms with Crippen LogP contribution in [0.1, 0.15) is 109 Å². The fraction of sp³-hybridized carbons (Fsp3) is 0.206. The minimum absolute atomic E-state index is 0.0345. The number of halogens is 13. The van der Waals surface area contributed by atoms with E-state index in [9.17, 15) is 72.2 Å². The summed E-state index contributed by atoms with van der Waals surface area (Å²) in [6, 6.07) is 37.1. The molecule has 1 aliphatic rings. The zero-order valence-corrected chi connectivity index (χ0v) is 51.7. The van der Waals surface area contributed by atoms with Gasteiger partial charge in [0, 0.05) is 11.1 Å². The molecule has 9 aromatic rings. The Bertz CT molecular complexity index is 4010. The summed E-state index contributed by atoms with van der Waals surface area (Å²) in [6.07, 6.45) is -9.01. The van der Waals surface area contributed by atoms with Crippen molar-refractivity contribution in [3.05, 3.63) is 271 Å². The zero-order chi connectivity index (χ0) is 68.2. The third kappa shape index (κ3) is 19.4. The second kappa shape index (κ2) is 30.0. The van der Waals surface area contributed by atoms with E-state index in [4.69, 9.17) is 18.8 Å². The lowest BCUT2D eigenvalue weighted by molar-refractivity contribution is -0.138. The minimum Gasteiger partial charge on any atom is -0.478 e. The molecule has 0 spiro atoms. The van der Waals surface area contributed by atoms with Crippen molar-refractivity contribution in [1.29, 1.82) is 0 Å². The number of carboxylic acid groups (broad SMARTS) is 1. The fourth-order valence-electron chi connectivity index (χ4n) is 9.03. The number of carbonyl (C=O) groups excluding carboxylic acids is 2. The largest absolute Gasteiger partial charge is 0.495 e. The number of aromatic nitrogens is 3. The first-order valence-electron chi connectivity index (χ1n) is 27.8. The molecule has 10 rings (SSSR count). The lowest BCUT2D eigenvalue weighted by Gasteiger charge is -2.32. The summed E-state index contributed by atoms with van der Waals surface area (Å²) in [7, 11) is 1.84. The molecule has 1 saturated heterocycles. The Balaban J connectivity index is 0.000000186. The number of pyridine rings is 3. The Morgan fingerprint density at radius 3 is 1.12 bits per heavy atom. The predicted molar refractivity (Wildman–Crippen MR) is 326 cm³/mol. The van der Waals surface area contributed by atoms with Gasteiger partial charge in [-0.1, -0.05) is 54.6 Å². The predicted octanol–water partition coefficient (Wildman–Crippen LogP) is 16.8. The quantitative estimate of drug-likeness (QED) is 0.0539. The highest BCUT2D eigenvalue weighted by atomic mass is 79.9. The monoisotopic (exact) mass is 1360 g/mol. The van der Waals surface area contributed by atoms with Gasteiger partial charge in [0.15, 0.2) is 0 Å². The Kier molecular flexibility index (Phi) is 23.0. The first kappa shape index (κ1) is 71.2. The molecular weight excluding hydrogens is 1310 g/mol. The van der Waals surface area contributed by atoms with Crippen LogP contribution in [0.25, 0.3) is 22.5 Å². The third-order valence-corrected chi connectivity index (χ3v) is 15.2. The molecule has 484 valence electrons.